The largest absolute Gasteiger partial charge is 0.416 e. The Bertz CT molecular complexity index is 1010. The monoisotopic (exact) mass is 419 g/mol. The van der Waals surface area contributed by atoms with Crippen molar-refractivity contribution in [2.24, 2.45) is 0 Å². The number of ketones is 1. The number of nitrogens with zero attached hydrogens (tertiary/aromatic N) is 1. The van der Waals surface area contributed by atoms with Crippen molar-refractivity contribution >= 4 is 29.0 Å². The number of alkyl halides is 3. The molecule has 3 nitrogen and oxygen atoms in total. The highest BCUT2D eigenvalue weighted by atomic mass is 35.5. The van der Waals surface area contributed by atoms with Crippen molar-refractivity contribution in [1.82, 2.24) is 0 Å². The summed E-state index contributed by atoms with van der Waals surface area (Å²) in [6, 6.07) is 11.6. The molecule has 1 heterocycles. The molecule has 7 heteroatoms. The first-order valence-electron chi connectivity index (χ1n) is 9.27. The van der Waals surface area contributed by atoms with E-state index in [0.29, 0.717) is 41.2 Å². The average Bonchev–Trinajstić information content (AvgIpc) is 2.67. The number of rotatable bonds is 2. The number of amides is 1. The summed E-state index contributed by atoms with van der Waals surface area (Å²) in [5.41, 5.74) is 1.51. The summed E-state index contributed by atoms with van der Waals surface area (Å²) in [7, 11) is 0. The van der Waals surface area contributed by atoms with Crippen molar-refractivity contribution in [2.45, 2.75) is 37.8 Å². The van der Waals surface area contributed by atoms with E-state index in [0.717, 1.165) is 17.7 Å². The van der Waals surface area contributed by atoms with E-state index in [-0.39, 0.29) is 18.1 Å². The van der Waals surface area contributed by atoms with Gasteiger partial charge in [0, 0.05) is 40.7 Å². The predicted molar refractivity (Wildman–Crippen MR) is 104 cm³/mol. The van der Waals surface area contributed by atoms with Crippen LogP contribution in [0.5, 0.6) is 0 Å². The smallest absolute Gasteiger partial charge is 0.294 e. The van der Waals surface area contributed by atoms with Gasteiger partial charge in [0.05, 0.1) is 5.56 Å². The molecular weight excluding hydrogens is 403 g/mol. The molecule has 2 aromatic rings. The second-order valence-corrected chi connectivity index (χ2v) is 7.66. The Labute approximate surface area is 170 Å². The van der Waals surface area contributed by atoms with Crippen LogP contribution >= 0.6 is 11.6 Å². The van der Waals surface area contributed by atoms with Crippen molar-refractivity contribution in [3.63, 3.8) is 0 Å². The van der Waals surface area contributed by atoms with Crippen LogP contribution in [-0.4, -0.2) is 11.7 Å². The fourth-order valence-corrected chi connectivity index (χ4v) is 4.30. The SMILES string of the molecule is O=C1CCCC2=C1C(c1cccc(Cl)c1)CC(=O)N2c1ccc(C(F)(F)F)cc1. The van der Waals surface area contributed by atoms with Crippen LogP contribution in [0.1, 0.15) is 42.7 Å². The molecule has 0 fully saturated rings. The Hall–Kier alpha value is -2.60. The third-order valence-corrected chi connectivity index (χ3v) is 5.61. The number of halogens is 4. The van der Waals surface area contributed by atoms with Crippen molar-refractivity contribution in [3.05, 3.63) is 76.0 Å². The van der Waals surface area contributed by atoms with Crippen LogP contribution in [0, 0.1) is 0 Å². The summed E-state index contributed by atoms with van der Waals surface area (Å²) in [6.45, 7) is 0. The lowest BCUT2D eigenvalue weighted by Gasteiger charge is -2.38. The standard InChI is InChI=1S/C22H17ClF3NO2/c23-15-4-1-3-13(11-15)17-12-20(29)27(18-5-2-6-19(28)21(17)18)16-9-7-14(8-10-16)22(24,25)26/h1,3-4,7-11,17H,2,5-6,12H2. The molecule has 2 aromatic carbocycles. The zero-order valence-electron chi connectivity index (χ0n) is 15.3. The Morgan fingerprint density at radius 2 is 1.72 bits per heavy atom. The summed E-state index contributed by atoms with van der Waals surface area (Å²) in [6.07, 6.45) is -2.88. The topological polar surface area (TPSA) is 37.4 Å². The highest BCUT2D eigenvalue weighted by molar-refractivity contribution is 6.30. The van der Waals surface area contributed by atoms with Gasteiger partial charge in [-0.2, -0.15) is 13.2 Å². The van der Waals surface area contributed by atoms with E-state index < -0.39 is 17.7 Å². The summed E-state index contributed by atoms with van der Waals surface area (Å²) in [4.78, 5) is 27.2. The van der Waals surface area contributed by atoms with Crippen LogP contribution in [0.3, 0.4) is 0 Å². The fourth-order valence-electron chi connectivity index (χ4n) is 4.10. The van der Waals surface area contributed by atoms with Crippen LogP contribution in [-0.2, 0) is 15.8 Å². The van der Waals surface area contributed by atoms with E-state index in [1.807, 2.05) is 6.07 Å². The van der Waals surface area contributed by atoms with Crippen LogP contribution in [0.25, 0.3) is 0 Å². The maximum absolute atomic E-state index is 13.0. The number of hydrogen-bond acceptors (Lipinski definition) is 2. The molecule has 1 atom stereocenters. The van der Waals surface area contributed by atoms with Crippen molar-refractivity contribution in [3.8, 4) is 0 Å². The molecule has 1 amide bonds. The zero-order chi connectivity index (χ0) is 20.8. The number of benzene rings is 2. The normalized spacial score (nSPS) is 20.1. The van der Waals surface area contributed by atoms with Gasteiger partial charge in [0.2, 0.25) is 5.91 Å². The molecule has 2 aliphatic rings. The second-order valence-electron chi connectivity index (χ2n) is 7.22. The minimum Gasteiger partial charge on any atom is -0.294 e. The predicted octanol–water partition coefficient (Wildman–Crippen LogP) is 5.89. The van der Waals surface area contributed by atoms with Crippen molar-refractivity contribution < 1.29 is 22.8 Å². The number of carbonyl (C=O) groups is 2. The maximum Gasteiger partial charge on any atom is 0.416 e. The molecule has 4 rings (SSSR count). The summed E-state index contributed by atoms with van der Waals surface area (Å²) in [5.74, 6) is -0.668. The lowest BCUT2D eigenvalue weighted by molar-refractivity contribution is -0.137. The van der Waals surface area contributed by atoms with Gasteiger partial charge in [-0.25, -0.2) is 0 Å². The highest BCUT2D eigenvalue weighted by Crippen LogP contribution is 2.44. The molecule has 0 bridgehead atoms. The fraction of sp³-hybridized carbons (Fsp3) is 0.273. The zero-order valence-corrected chi connectivity index (χ0v) is 16.1. The molecule has 150 valence electrons. The molecule has 0 aromatic heterocycles. The third-order valence-electron chi connectivity index (χ3n) is 5.38. The minimum atomic E-state index is -4.45. The van der Waals surface area contributed by atoms with Crippen molar-refractivity contribution in [2.75, 3.05) is 4.90 Å². The molecule has 1 aliphatic heterocycles. The number of anilines is 1. The van der Waals surface area contributed by atoms with Gasteiger partial charge in [-0.05, 0) is 54.8 Å². The number of hydrogen-bond donors (Lipinski definition) is 0. The van der Waals surface area contributed by atoms with Gasteiger partial charge in [-0.15, -0.1) is 0 Å². The van der Waals surface area contributed by atoms with E-state index >= 15 is 0 Å². The average molecular weight is 420 g/mol. The van der Waals surface area contributed by atoms with Gasteiger partial charge in [0.25, 0.3) is 0 Å². The van der Waals surface area contributed by atoms with Crippen LogP contribution in [0.2, 0.25) is 5.02 Å². The quantitative estimate of drug-likeness (QED) is 0.609. The molecule has 29 heavy (non-hydrogen) atoms. The Morgan fingerprint density at radius 3 is 2.38 bits per heavy atom. The van der Waals surface area contributed by atoms with Crippen LogP contribution in [0.15, 0.2) is 59.8 Å². The summed E-state index contributed by atoms with van der Waals surface area (Å²) < 4.78 is 38.7. The van der Waals surface area contributed by atoms with Crippen molar-refractivity contribution in [1.29, 1.82) is 0 Å². The van der Waals surface area contributed by atoms with Gasteiger partial charge < -0.3 is 0 Å². The van der Waals surface area contributed by atoms with Gasteiger partial charge in [0.15, 0.2) is 5.78 Å². The first-order valence-corrected chi connectivity index (χ1v) is 9.65. The molecule has 0 saturated carbocycles. The van der Waals surface area contributed by atoms with E-state index in [4.69, 9.17) is 11.6 Å². The minimum absolute atomic E-state index is 0.0272. The van der Waals surface area contributed by atoms with E-state index in [1.165, 1.54) is 17.0 Å². The Balaban J connectivity index is 1.80. The molecule has 0 saturated heterocycles. The number of carbonyl (C=O) groups excluding carboxylic acids is 2. The Kier molecular flexibility index (Phi) is 4.99. The molecule has 0 N–H and O–H groups in total. The molecule has 0 radical (unpaired) electrons. The molecular formula is C22H17ClF3NO2. The van der Waals surface area contributed by atoms with Gasteiger partial charge in [0.1, 0.15) is 0 Å². The summed E-state index contributed by atoms with van der Waals surface area (Å²) in [5, 5.41) is 0.519. The van der Waals surface area contributed by atoms with Gasteiger partial charge in [-0.3, -0.25) is 14.5 Å². The maximum atomic E-state index is 13.0. The number of Topliss-reactive ketones (excluding diaryl/α,β-unsaturated/α-hetero) is 1. The third kappa shape index (κ3) is 3.69. The van der Waals surface area contributed by atoms with Crippen LogP contribution in [0.4, 0.5) is 18.9 Å². The van der Waals surface area contributed by atoms with Crippen LogP contribution < -0.4 is 4.90 Å². The summed E-state index contributed by atoms with van der Waals surface area (Å²) >= 11 is 6.10. The lowest BCUT2D eigenvalue weighted by Crippen LogP contribution is -2.40. The molecule has 1 unspecified atom stereocenters. The first-order chi connectivity index (χ1) is 13.8. The van der Waals surface area contributed by atoms with Gasteiger partial charge >= 0.3 is 6.18 Å². The van der Waals surface area contributed by atoms with E-state index in [1.54, 1.807) is 18.2 Å². The first kappa shape index (κ1) is 19.7. The molecule has 0 spiro atoms. The van der Waals surface area contributed by atoms with Gasteiger partial charge in [-0.1, -0.05) is 23.7 Å². The Morgan fingerprint density at radius 1 is 1.00 bits per heavy atom. The van der Waals surface area contributed by atoms with E-state index in [2.05, 4.69) is 0 Å². The second kappa shape index (κ2) is 7.34. The number of allylic oxidation sites excluding steroid dienone is 2. The molecule has 1 aliphatic carbocycles. The van der Waals surface area contributed by atoms with E-state index in [9.17, 15) is 22.8 Å². The highest BCUT2D eigenvalue weighted by Gasteiger charge is 2.40. The lowest BCUT2D eigenvalue weighted by atomic mass is 9.77.